The maximum absolute atomic E-state index is 12.6. The second-order valence-electron chi connectivity index (χ2n) is 5.03. The Hall–Kier alpha value is -0.500. The molecule has 1 aliphatic heterocycles. The van der Waals surface area contributed by atoms with Crippen LogP contribution in [0.25, 0.3) is 0 Å². The van der Waals surface area contributed by atoms with Crippen molar-refractivity contribution in [1.29, 1.82) is 0 Å². The van der Waals surface area contributed by atoms with E-state index in [1.807, 2.05) is 30.0 Å². The van der Waals surface area contributed by atoms with Crippen LogP contribution in [0.15, 0.2) is 27.1 Å². The van der Waals surface area contributed by atoms with Crippen molar-refractivity contribution in [2.45, 2.75) is 13.0 Å². The molecule has 0 spiro atoms. The lowest BCUT2D eigenvalue weighted by molar-refractivity contribution is 0.0620. The summed E-state index contributed by atoms with van der Waals surface area (Å²) in [6.07, 6.45) is 0. The van der Waals surface area contributed by atoms with Gasteiger partial charge in [0.25, 0.3) is 5.91 Å². The van der Waals surface area contributed by atoms with E-state index in [4.69, 9.17) is 18.0 Å². The summed E-state index contributed by atoms with van der Waals surface area (Å²) >= 11 is 11.9. The average Bonchev–Trinajstić information content (AvgIpc) is 2.48. The van der Waals surface area contributed by atoms with Gasteiger partial charge in [-0.15, -0.1) is 0 Å². The lowest BCUT2D eigenvalue weighted by atomic mass is 10.1. The zero-order valence-electron chi connectivity index (χ0n) is 11.7. The minimum Gasteiger partial charge on any atom is -0.392 e. The summed E-state index contributed by atoms with van der Waals surface area (Å²) in [4.78, 5) is 17.2. The SMILES string of the molecule is CC(C(N)=S)N1CCN(C(=O)c2cc(Br)ccc2Br)CC1. The third-order valence-corrected chi connectivity index (χ3v) is 5.25. The number of nitrogens with two attached hydrogens (primary N) is 1. The fraction of sp³-hybridized carbons (Fsp3) is 0.429. The molecule has 1 aromatic rings. The van der Waals surface area contributed by atoms with Gasteiger partial charge in [-0.1, -0.05) is 28.1 Å². The fourth-order valence-electron chi connectivity index (χ4n) is 2.32. The summed E-state index contributed by atoms with van der Waals surface area (Å²) in [6, 6.07) is 5.71. The minimum atomic E-state index is 0.0470. The van der Waals surface area contributed by atoms with Gasteiger partial charge in [0.05, 0.1) is 16.6 Å². The lowest BCUT2D eigenvalue weighted by Gasteiger charge is -2.37. The molecule has 2 N–H and O–H groups in total. The molecule has 0 bridgehead atoms. The monoisotopic (exact) mass is 433 g/mol. The summed E-state index contributed by atoms with van der Waals surface area (Å²) in [5.41, 5.74) is 6.37. The van der Waals surface area contributed by atoms with E-state index in [0.29, 0.717) is 23.6 Å². The Balaban J connectivity index is 2.03. The van der Waals surface area contributed by atoms with Crippen molar-refractivity contribution >= 4 is 55.0 Å². The number of carbonyl (C=O) groups excluding carboxylic acids is 1. The standard InChI is InChI=1S/C14H17Br2N3OS/c1-9(13(17)21)18-4-6-19(7-5-18)14(20)11-8-10(15)2-3-12(11)16/h2-3,8-9H,4-7H2,1H3,(H2,17,21). The van der Waals surface area contributed by atoms with Crippen LogP contribution >= 0.6 is 44.1 Å². The number of halogens is 2. The first-order chi connectivity index (χ1) is 9.90. The first-order valence-corrected chi connectivity index (χ1v) is 8.67. The molecule has 1 fully saturated rings. The fourth-order valence-corrected chi connectivity index (χ4v) is 3.25. The summed E-state index contributed by atoms with van der Waals surface area (Å²) in [5, 5.41) is 0. The Labute approximate surface area is 146 Å². The third kappa shape index (κ3) is 4.03. The molecule has 1 aromatic carbocycles. The van der Waals surface area contributed by atoms with Gasteiger partial charge in [-0.3, -0.25) is 9.69 Å². The van der Waals surface area contributed by atoms with Crippen molar-refractivity contribution in [2.75, 3.05) is 26.2 Å². The molecule has 0 aromatic heterocycles. The first kappa shape index (κ1) is 16.9. The highest BCUT2D eigenvalue weighted by atomic mass is 79.9. The Morgan fingerprint density at radius 2 is 1.90 bits per heavy atom. The first-order valence-electron chi connectivity index (χ1n) is 6.68. The van der Waals surface area contributed by atoms with E-state index < -0.39 is 0 Å². The number of hydrogen-bond acceptors (Lipinski definition) is 3. The van der Waals surface area contributed by atoms with Gasteiger partial charge in [0.1, 0.15) is 0 Å². The van der Waals surface area contributed by atoms with Crippen molar-refractivity contribution in [3.05, 3.63) is 32.7 Å². The number of nitrogens with zero attached hydrogens (tertiary/aromatic N) is 2. The van der Waals surface area contributed by atoms with Gasteiger partial charge in [0, 0.05) is 35.1 Å². The lowest BCUT2D eigenvalue weighted by Crippen LogP contribution is -2.54. The van der Waals surface area contributed by atoms with Crippen molar-refractivity contribution in [3.8, 4) is 0 Å². The molecule has 21 heavy (non-hydrogen) atoms. The van der Waals surface area contributed by atoms with Gasteiger partial charge in [0.2, 0.25) is 0 Å². The van der Waals surface area contributed by atoms with Gasteiger partial charge in [-0.05, 0) is 41.1 Å². The third-order valence-electron chi connectivity index (χ3n) is 3.72. The number of thiocarbonyl (C=S) groups is 1. The molecular formula is C14H17Br2N3OS. The quantitative estimate of drug-likeness (QED) is 0.743. The Morgan fingerprint density at radius 3 is 2.48 bits per heavy atom. The number of rotatable bonds is 3. The molecule has 1 atom stereocenters. The molecule has 1 aliphatic rings. The van der Waals surface area contributed by atoms with Crippen molar-refractivity contribution in [2.24, 2.45) is 5.73 Å². The minimum absolute atomic E-state index is 0.0470. The predicted molar refractivity (Wildman–Crippen MR) is 95.6 cm³/mol. The molecule has 1 unspecified atom stereocenters. The highest BCUT2D eigenvalue weighted by molar-refractivity contribution is 9.11. The van der Waals surface area contributed by atoms with E-state index in [1.54, 1.807) is 0 Å². The zero-order chi connectivity index (χ0) is 15.6. The van der Waals surface area contributed by atoms with Crippen LogP contribution in [-0.2, 0) is 0 Å². The summed E-state index contributed by atoms with van der Waals surface area (Å²) in [5.74, 6) is 0.0470. The van der Waals surface area contributed by atoms with Crippen LogP contribution in [0.3, 0.4) is 0 Å². The Bertz CT molecular complexity index is 559. The van der Waals surface area contributed by atoms with Crippen LogP contribution in [-0.4, -0.2) is 52.9 Å². The number of amides is 1. The van der Waals surface area contributed by atoms with Crippen LogP contribution in [0, 0.1) is 0 Å². The molecule has 0 radical (unpaired) electrons. The van der Waals surface area contributed by atoms with E-state index in [2.05, 4.69) is 36.8 Å². The van der Waals surface area contributed by atoms with Crippen molar-refractivity contribution < 1.29 is 4.79 Å². The van der Waals surface area contributed by atoms with Crippen LogP contribution in [0.2, 0.25) is 0 Å². The molecular weight excluding hydrogens is 418 g/mol. The van der Waals surface area contributed by atoms with E-state index >= 15 is 0 Å². The molecule has 1 heterocycles. The maximum atomic E-state index is 12.6. The van der Waals surface area contributed by atoms with Gasteiger partial charge >= 0.3 is 0 Å². The normalized spacial score (nSPS) is 17.6. The van der Waals surface area contributed by atoms with E-state index in [1.165, 1.54) is 0 Å². The van der Waals surface area contributed by atoms with Gasteiger partial charge in [-0.25, -0.2) is 0 Å². The van der Waals surface area contributed by atoms with Crippen molar-refractivity contribution in [1.82, 2.24) is 9.80 Å². The van der Waals surface area contributed by atoms with E-state index in [9.17, 15) is 4.79 Å². The molecule has 0 aliphatic carbocycles. The van der Waals surface area contributed by atoms with E-state index in [-0.39, 0.29) is 11.9 Å². The Morgan fingerprint density at radius 1 is 1.29 bits per heavy atom. The number of benzene rings is 1. The highest BCUT2D eigenvalue weighted by Crippen LogP contribution is 2.23. The summed E-state index contributed by atoms with van der Waals surface area (Å²) in [7, 11) is 0. The smallest absolute Gasteiger partial charge is 0.255 e. The summed E-state index contributed by atoms with van der Waals surface area (Å²) in [6.45, 7) is 4.95. The topological polar surface area (TPSA) is 49.6 Å². The van der Waals surface area contributed by atoms with Crippen molar-refractivity contribution in [3.63, 3.8) is 0 Å². The molecule has 2 rings (SSSR count). The average molecular weight is 435 g/mol. The molecule has 4 nitrogen and oxygen atoms in total. The zero-order valence-corrected chi connectivity index (χ0v) is 15.7. The molecule has 1 amide bonds. The molecule has 114 valence electrons. The Kier molecular flexibility index (Phi) is 5.76. The van der Waals surface area contributed by atoms with Gasteiger partial charge in [-0.2, -0.15) is 0 Å². The molecule has 0 saturated carbocycles. The second kappa shape index (κ2) is 7.17. The van der Waals surface area contributed by atoms with E-state index in [0.717, 1.165) is 22.0 Å². The molecule has 1 saturated heterocycles. The maximum Gasteiger partial charge on any atom is 0.255 e. The van der Waals surface area contributed by atoms with Crippen LogP contribution in [0.4, 0.5) is 0 Å². The number of hydrogen-bond donors (Lipinski definition) is 1. The van der Waals surface area contributed by atoms with Crippen LogP contribution < -0.4 is 5.73 Å². The van der Waals surface area contributed by atoms with Gasteiger partial charge < -0.3 is 10.6 Å². The highest BCUT2D eigenvalue weighted by Gasteiger charge is 2.26. The van der Waals surface area contributed by atoms with Gasteiger partial charge in [0.15, 0.2) is 0 Å². The summed E-state index contributed by atoms with van der Waals surface area (Å²) < 4.78 is 1.71. The molecule has 7 heteroatoms. The largest absolute Gasteiger partial charge is 0.392 e. The van der Waals surface area contributed by atoms with Crippen LogP contribution in [0.5, 0.6) is 0 Å². The number of carbonyl (C=O) groups is 1. The second-order valence-corrected chi connectivity index (χ2v) is 7.27. The van der Waals surface area contributed by atoms with Crippen LogP contribution in [0.1, 0.15) is 17.3 Å². The number of piperazine rings is 1. The predicted octanol–water partition coefficient (Wildman–Crippen LogP) is 2.64.